The van der Waals surface area contributed by atoms with Crippen LogP contribution < -0.4 is 54.0 Å². The van der Waals surface area contributed by atoms with E-state index in [0.717, 1.165) is 0 Å². The Labute approximate surface area is 483 Å². The SMILES string of the molecule is CC(C)C[C@@H]1NC(=O)[C@H](CCCN)NC(=O)[C@H](C(C)C)NC(=O)[C@@H]2CCCN2C(=O)[C@@H](Cc2ccccc2)NC(=O)[C@@H](CC(C)C)NC(=O)[C@@H](CCCN)NC(=O)[C@H](C(C)C)NC(=O)[C@@H]2CCCN2C(=O)[C@@H](Cc2ccccc2)NC1=O. The molecule has 0 unspecified atom stereocenters. The maximum atomic E-state index is 14.9. The zero-order valence-corrected chi connectivity index (χ0v) is 49.3. The first-order valence-corrected chi connectivity index (χ1v) is 29.5. The van der Waals surface area contributed by atoms with Gasteiger partial charge < -0.3 is 63.8 Å². The summed E-state index contributed by atoms with van der Waals surface area (Å²) >= 11 is 0. The van der Waals surface area contributed by atoms with Gasteiger partial charge in [0, 0.05) is 25.9 Å². The molecule has 452 valence electrons. The first kappa shape index (κ1) is 65.9. The molecule has 3 fully saturated rings. The number of nitrogens with zero attached hydrogens (tertiary/aromatic N) is 2. The largest absolute Gasteiger partial charge is 0.343 e. The van der Waals surface area contributed by atoms with E-state index in [1.165, 1.54) is 9.80 Å². The van der Waals surface area contributed by atoms with E-state index in [-0.39, 0.29) is 89.4 Å². The third-order valence-corrected chi connectivity index (χ3v) is 15.3. The van der Waals surface area contributed by atoms with Gasteiger partial charge in [0.1, 0.15) is 60.4 Å². The molecule has 5 rings (SSSR count). The molecule has 2 aromatic carbocycles. The van der Waals surface area contributed by atoms with E-state index in [2.05, 4.69) is 42.5 Å². The van der Waals surface area contributed by atoms with Gasteiger partial charge in [-0.05, 0) is 112 Å². The first-order chi connectivity index (χ1) is 39.0. The summed E-state index contributed by atoms with van der Waals surface area (Å²) in [6.07, 6.45) is 2.45. The van der Waals surface area contributed by atoms with E-state index in [1.54, 1.807) is 76.2 Å². The quantitative estimate of drug-likeness (QED) is 0.114. The summed E-state index contributed by atoms with van der Waals surface area (Å²) in [5, 5.41) is 22.8. The fourth-order valence-corrected chi connectivity index (χ4v) is 10.9. The molecule has 3 aliphatic rings. The summed E-state index contributed by atoms with van der Waals surface area (Å²) in [5.74, 6) is -7.75. The van der Waals surface area contributed by atoms with Crippen molar-refractivity contribution in [2.45, 2.75) is 193 Å². The number of nitrogens with two attached hydrogens (primary N) is 2. The highest BCUT2D eigenvalue weighted by Crippen LogP contribution is 2.24. The number of amides is 10. The van der Waals surface area contributed by atoms with Crippen molar-refractivity contribution in [3.63, 3.8) is 0 Å². The molecule has 3 aliphatic heterocycles. The number of hydrogen-bond donors (Lipinski definition) is 10. The molecular formula is C60H92N12O10. The number of carbonyl (C=O) groups is 10. The Balaban J connectivity index is 1.58. The molecule has 12 N–H and O–H groups in total. The lowest BCUT2D eigenvalue weighted by molar-refractivity contribution is -0.143. The van der Waals surface area contributed by atoms with Crippen molar-refractivity contribution in [2.24, 2.45) is 35.1 Å². The Morgan fingerprint density at radius 1 is 0.415 bits per heavy atom. The molecule has 0 aromatic heterocycles. The minimum atomic E-state index is -1.22. The summed E-state index contributed by atoms with van der Waals surface area (Å²) in [5.41, 5.74) is 13.3. The zero-order valence-electron chi connectivity index (χ0n) is 49.3. The van der Waals surface area contributed by atoms with E-state index in [1.807, 2.05) is 39.8 Å². The zero-order chi connectivity index (χ0) is 60.2. The topological polar surface area (TPSA) is 325 Å². The number of nitrogens with one attached hydrogen (secondary N) is 8. The van der Waals surface area contributed by atoms with Gasteiger partial charge >= 0.3 is 0 Å². The molecule has 0 spiro atoms. The van der Waals surface area contributed by atoms with Gasteiger partial charge in [0.15, 0.2) is 0 Å². The minimum absolute atomic E-state index is 0.0279. The summed E-state index contributed by atoms with van der Waals surface area (Å²) in [4.78, 5) is 149. The molecule has 0 radical (unpaired) electrons. The van der Waals surface area contributed by atoms with Crippen LogP contribution in [-0.4, -0.2) is 155 Å². The molecular weight excluding hydrogens is 1050 g/mol. The van der Waals surface area contributed by atoms with Crippen LogP contribution in [0, 0.1) is 23.7 Å². The van der Waals surface area contributed by atoms with E-state index in [9.17, 15) is 47.9 Å². The smallest absolute Gasteiger partial charge is 0.246 e. The van der Waals surface area contributed by atoms with Gasteiger partial charge in [0.05, 0.1) is 0 Å². The van der Waals surface area contributed by atoms with Gasteiger partial charge in [-0.3, -0.25) is 47.9 Å². The number of rotatable bonds is 16. The molecule has 0 saturated carbocycles. The fraction of sp³-hybridized carbons (Fsp3) is 0.633. The Morgan fingerprint density at radius 3 is 1.05 bits per heavy atom. The summed E-state index contributed by atoms with van der Waals surface area (Å²) in [6.45, 7) is 15.0. The molecule has 3 heterocycles. The van der Waals surface area contributed by atoms with Crippen molar-refractivity contribution in [2.75, 3.05) is 26.2 Å². The Hall–Kier alpha value is -6.94. The van der Waals surface area contributed by atoms with Crippen LogP contribution in [0.1, 0.15) is 131 Å². The Kier molecular flexibility index (Phi) is 25.7. The second-order valence-electron chi connectivity index (χ2n) is 23.7. The first-order valence-electron chi connectivity index (χ1n) is 29.5. The predicted octanol–water partition coefficient (Wildman–Crippen LogP) is 1.23. The highest BCUT2D eigenvalue weighted by molar-refractivity contribution is 6.00. The molecule has 0 bridgehead atoms. The molecule has 22 nitrogen and oxygen atoms in total. The molecule has 22 heteroatoms. The third-order valence-electron chi connectivity index (χ3n) is 15.3. The number of benzene rings is 2. The summed E-state index contributed by atoms with van der Waals surface area (Å²) in [7, 11) is 0. The number of hydrogen-bond acceptors (Lipinski definition) is 12. The standard InChI is InChI=1S/C60H92N12O10/c1-35(2)31-43-53(75)67-45(33-39-19-11-9-12-20-39)59(81)71-29-17-25-47(71)55(77)70-50(38(7)8)58(80)64-42(24-16-28-62)52(74)66-44(32-36(3)4)54(76)68-46(34-40-21-13-10-14-22-40)60(82)72-30-18-26-48(72)56(78)69-49(37(5)6)57(79)63-41(23-15-27-61)51(73)65-43/h9-14,19-22,35-38,41-50H,15-18,23-34,61-62H2,1-8H3,(H,63,79)(H,64,80)(H,65,73)(H,66,74)(H,67,75)(H,68,76)(H,69,78)(H,70,77)/t41-,42+,43-,44+,45-,46-,47+,48+,49+,50+/m1/s1. The maximum absolute atomic E-state index is 14.9. The summed E-state index contributed by atoms with van der Waals surface area (Å²) in [6, 6.07) is 6.30. The van der Waals surface area contributed by atoms with Gasteiger partial charge in [-0.15, -0.1) is 0 Å². The highest BCUT2D eigenvalue weighted by atomic mass is 16.2. The van der Waals surface area contributed by atoms with Crippen molar-refractivity contribution < 1.29 is 47.9 Å². The Morgan fingerprint density at radius 2 is 0.732 bits per heavy atom. The molecule has 2 aromatic rings. The van der Waals surface area contributed by atoms with Crippen LogP contribution in [0.5, 0.6) is 0 Å². The van der Waals surface area contributed by atoms with Crippen molar-refractivity contribution in [3.8, 4) is 0 Å². The van der Waals surface area contributed by atoms with E-state index in [0.29, 0.717) is 36.8 Å². The van der Waals surface area contributed by atoms with Crippen molar-refractivity contribution in [3.05, 3.63) is 71.8 Å². The van der Waals surface area contributed by atoms with Gasteiger partial charge in [0.2, 0.25) is 59.1 Å². The van der Waals surface area contributed by atoms with Crippen LogP contribution in [0.4, 0.5) is 0 Å². The lowest BCUT2D eigenvalue weighted by Crippen LogP contribution is -2.62. The van der Waals surface area contributed by atoms with Crippen molar-refractivity contribution in [1.29, 1.82) is 0 Å². The van der Waals surface area contributed by atoms with Gasteiger partial charge in [0.25, 0.3) is 0 Å². The van der Waals surface area contributed by atoms with Gasteiger partial charge in [-0.1, -0.05) is 116 Å². The lowest BCUT2D eigenvalue weighted by atomic mass is 9.99. The van der Waals surface area contributed by atoms with Crippen LogP contribution in [0.25, 0.3) is 0 Å². The van der Waals surface area contributed by atoms with Crippen LogP contribution >= 0.6 is 0 Å². The minimum Gasteiger partial charge on any atom is -0.343 e. The predicted molar refractivity (Wildman–Crippen MR) is 310 cm³/mol. The number of fused-ring (bicyclic) bond motifs is 2. The van der Waals surface area contributed by atoms with E-state index < -0.39 is 131 Å². The Bertz CT molecular complexity index is 2330. The third kappa shape index (κ3) is 19.1. The normalized spacial score (nSPS) is 26.6. The van der Waals surface area contributed by atoms with Crippen LogP contribution in [0.15, 0.2) is 60.7 Å². The van der Waals surface area contributed by atoms with Crippen LogP contribution in [-0.2, 0) is 60.8 Å². The van der Waals surface area contributed by atoms with Gasteiger partial charge in [-0.25, -0.2) is 0 Å². The van der Waals surface area contributed by atoms with E-state index in [4.69, 9.17) is 11.5 Å². The monoisotopic (exact) mass is 1140 g/mol. The molecule has 3 saturated heterocycles. The molecule has 0 aliphatic carbocycles. The van der Waals surface area contributed by atoms with Crippen molar-refractivity contribution in [1.82, 2.24) is 52.3 Å². The second-order valence-corrected chi connectivity index (χ2v) is 23.7. The summed E-state index contributed by atoms with van der Waals surface area (Å²) < 4.78 is 0. The average molecular weight is 1140 g/mol. The fourth-order valence-electron chi connectivity index (χ4n) is 10.9. The molecule has 82 heavy (non-hydrogen) atoms. The van der Waals surface area contributed by atoms with Gasteiger partial charge in [-0.2, -0.15) is 0 Å². The molecule has 10 atom stereocenters. The van der Waals surface area contributed by atoms with Crippen molar-refractivity contribution >= 4 is 59.1 Å². The average Bonchev–Trinajstić information content (AvgIpc) is 4.16. The molecule has 10 amide bonds. The van der Waals surface area contributed by atoms with Crippen LogP contribution in [0.3, 0.4) is 0 Å². The van der Waals surface area contributed by atoms with E-state index >= 15 is 0 Å². The second kappa shape index (κ2) is 32.0. The lowest BCUT2D eigenvalue weighted by Gasteiger charge is -2.33. The maximum Gasteiger partial charge on any atom is 0.246 e. The number of carbonyl (C=O) groups excluding carboxylic acids is 10. The highest BCUT2D eigenvalue weighted by Gasteiger charge is 2.43. The van der Waals surface area contributed by atoms with Crippen LogP contribution in [0.2, 0.25) is 0 Å².